The number of thioether (sulfide) groups is 1. The van der Waals surface area contributed by atoms with Gasteiger partial charge in [0.15, 0.2) is 6.04 Å². The number of rotatable bonds is 19. The summed E-state index contributed by atoms with van der Waals surface area (Å²) in [6.07, 6.45) is 4.01. The first-order chi connectivity index (χ1) is 16.1. The van der Waals surface area contributed by atoms with Gasteiger partial charge in [-0.3, -0.25) is 14.4 Å². The SMILES string of the molecule is CSCCC(NC(=O)C(N)CCCCN)C(=O)NC(CCCCN)C(=O)NC(C(=O)O)C(C)O. The Morgan fingerprint density at radius 2 is 1.32 bits per heavy atom. The molecule has 11 N–H and O–H groups in total. The van der Waals surface area contributed by atoms with E-state index in [2.05, 4.69) is 16.0 Å². The van der Waals surface area contributed by atoms with E-state index in [4.69, 9.17) is 17.2 Å². The standard InChI is InChI=1S/C21H42N6O6S/c1-13(28)17(21(32)33)27-20(31)15(8-4-6-11-23)26-19(30)16(9-12-34-2)25-18(29)14(24)7-3-5-10-22/h13-17,28H,3-12,22-24H2,1-2H3,(H,25,29)(H,26,30)(H,27,31)(H,32,33). The Morgan fingerprint density at radius 1 is 0.824 bits per heavy atom. The van der Waals surface area contributed by atoms with Crippen LogP contribution in [-0.2, 0) is 19.2 Å². The first kappa shape index (κ1) is 32.1. The van der Waals surface area contributed by atoms with Crippen molar-refractivity contribution < 1.29 is 29.4 Å². The van der Waals surface area contributed by atoms with Gasteiger partial charge in [-0.15, -0.1) is 0 Å². The summed E-state index contributed by atoms with van der Waals surface area (Å²) in [6, 6.07) is -4.30. The maximum atomic E-state index is 13.0. The minimum absolute atomic E-state index is 0.211. The highest BCUT2D eigenvalue weighted by atomic mass is 32.2. The number of nitrogens with two attached hydrogens (primary N) is 3. The summed E-state index contributed by atoms with van der Waals surface area (Å²) in [4.78, 5) is 49.6. The van der Waals surface area contributed by atoms with E-state index >= 15 is 0 Å². The molecule has 0 aromatic heterocycles. The zero-order chi connectivity index (χ0) is 26.1. The van der Waals surface area contributed by atoms with Crippen molar-refractivity contribution in [1.82, 2.24) is 16.0 Å². The smallest absolute Gasteiger partial charge is 0.328 e. The number of amides is 3. The van der Waals surface area contributed by atoms with Gasteiger partial charge in [0.2, 0.25) is 17.7 Å². The van der Waals surface area contributed by atoms with Gasteiger partial charge in [0.25, 0.3) is 0 Å². The van der Waals surface area contributed by atoms with E-state index in [0.29, 0.717) is 50.9 Å². The van der Waals surface area contributed by atoms with Crippen molar-refractivity contribution in [3.63, 3.8) is 0 Å². The number of nitrogens with one attached hydrogen (secondary N) is 3. The zero-order valence-corrected chi connectivity index (χ0v) is 20.9. The molecule has 0 rings (SSSR count). The van der Waals surface area contributed by atoms with Crippen LogP contribution in [0.2, 0.25) is 0 Å². The first-order valence-corrected chi connectivity index (χ1v) is 12.9. The molecule has 0 aromatic rings. The lowest BCUT2D eigenvalue weighted by Crippen LogP contribution is -2.58. The highest BCUT2D eigenvalue weighted by Crippen LogP contribution is 2.07. The van der Waals surface area contributed by atoms with Gasteiger partial charge in [-0.25, -0.2) is 4.79 Å². The second kappa shape index (κ2) is 18.4. The van der Waals surface area contributed by atoms with E-state index in [1.165, 1.54) is 18.7 Å². The molecule has 0 bridgehead atoms. The molecule has 0 aromatic carbocycles. The molecule has 198 valence electrons. The Kier molecular flexibility index (Phi) is 17.4. The van der Waals surface area contributed by atoms with Crippen LogP contribution in [0.1, 0.15) is 51.9 Å². The third-order valence-corrected chi connectivity index (χ3v) is 5.82. The minimum atomic E-state index is -1.53. The molecule has 0 saturated carbocycles. The lowest BCUT2D eigenvalue weighted by Gasteiger charge is -2.26. The number of carboxylic acids is 1. The van der Waals surface area contributed by atoms with Crippen LogP contribution >= 0.6 is 11.8 Å². The molecule has 0 heterocycles. The molecule has 0 saturated heterocycles. The molecule has 0 spiro atoms. The number of aliphatic hydroxyl groups excluding tert-OH is 1. The first-order valence-electron chi connectivity index (χ1n) is 11.6. The largest absolute Gasteiger partial charge is 0.480 e. The third kappa shape index (κ3) is 13.1. The van der Waals surface area contributed by atoms with Crippen LogP contribution in [0.3, 0.4) is 0 Å². The van der Waals surface area contributed by atoms with Crippen LogP contribution < -0.4 is 33.2 Å². The van der Waals surface area contributed by atoms with Crippen molar-refractivity contribution >= 4 is 35.5 Å². The lowest BCUT2D eigenvalue weighted by atomic mass is 10.1. The van der Waals surface area contributed by atoms with Gasteiger partial charge in [0.05, 0.1) is 12.1 Å². The number of aliphatic hydroxyl groups is 1. The van der Waals surface area contributed by atoms with E-state index in [1.54, 1.807) is 0 Å². The fourth-order valence-corrected chi connectivity index (χ4v) is 3.57. The topological polar surface area (TPSA) is 223 Å². The van der Waals surface area contributed by atoms with Gasteiger partial charge in [-0.1, -0.05) is 6.42 Å². The quantitative estimate of drug-likeness (QED) is 0.0921. The normalized spacial score (nSPS) is 15.5. The van der Waals surface area contributed by atoms with Crippen LogP contribution in [0.5, 0.6) is 0 Å². The predicted octanol–water partition coefficient (Wildman–Crippen LogP) is -1.76. The van der Waals surface area contributed by atoms with E-state index in [1.807, 2.05) is 6.26 Å². The predicted molar refractivity (Wildman–Crippen MR) is 132 cm³/mol. The van der Waals surface area contributed by atoms with Crippen molar-refractivity contribution in [2.45, 2.75) is 82.1 Å². The molecule has 0 aliphatic carbocycles. The molecule has 34 heavy (non-hydrogen) atoms. The fraction of sp³-hybridized carbons (Fsp3) is 0.810. The highest BCUT2D eigenvalue weighted by Gasteiger charge is 2.31. The molecule has 0 aliphatic heterocycles. The number of aliphatic carboxylic acids is 1. The van der Waals surface area contributed by atoms with Crippen LogP contribution in [0, 0.1) is 0 Å². The summed E-state index contributed by atoms with van der Waals surface area (Å²) in [5, 5.41) is 26.4. The summed E-state index contributed by atoms with van der Waals surface area (Å²) in [5.74, 6) is -2.61. The molecule has 0 radical (unpaired) electrons. The van der Waals surface area contributed by atoms with Gasteiger partial charge >= 0.3 is 5.97 Å². The van der Waals surface area contributed by atoms with E-state index in [-0.39, 0.29) is 6.42 Å². The van der Waals surface area contributed by atoms with E-state index in [9.17, 15) is 29.4 Å². The van der Waals surface area contributed by atoms with Crippen LogP contribution in [0.15, 0.2) is 0 Å². The Bertz CT molecular complexity index is 639. The highest BCUT2D eigenvalue weighted by molar-refractivity contribution is 7.98. The lowest BCUT2D eigenvalue weighted by molar-refractivity contribution is -0.145. The summed E-state index contributed by atoms with van der Waals surface area (Å²) in [6.45, 7) is 2.13. The summed E-state index contributed by atoms with van der Waals surface area (Å²) < 4.78 is 0. The summed E-state index contributed by atoms with van der Waals surface area (Å²) >= 11 is 1.49. The molecule has 13 heteroatoms. The average Bonchev–Trinajstić information content (AvgIpc) is 2.78. The second-order valence-corrected chi connectivity index (χ2v) is 9.13. The fourth-order valence-electron chi connectivity index (χ4n) is 3.10. The molecular formula is C21H42N6O6S. The van der Waals surface area contributed by atoms with Crippen molar-refractivity contribution in [3.8, 4) is 0 Å². The molecule has 12 nitrogen and oxygen atoms in total. The Labute approximate surface area is 205 Å². The molecule has 0 aliphatic rings. The van der Waals surface area contributed by atoms with E-state index < -0.39 is 54.0 Å². The van der Waals surface area contributed by atoms with Crippen LogP contribution in [0.25, 0.3) is 0 Å². The van der Waals surface area contributed by atoms with Gasteiger partial charge in [0.1, 0.15) is 12.1 Å². The number of hydrogen-bond acceptors (Lipinski definition) is 9. The molecule has 3 amide bonds. The zero-order valence-electron chi connectivity index (χ0n) is 20.1. The number of hydrogen-bond donors (Lipinski definition) is 8. The molecular weight excluding hydrogens is 464 g/mol. The van der Waals surface area contributed by atoms with E-state index in [0.717, 1.165) is 6.42 Å². The molecule has 0 fully saturated rings. The number of carbonyl (C=O) groups excluding carboxylic acids is 3. The maximum Gasteiger partial charge on any atom is 0.328 e. The Morgan fingerprint density at radius 3 is 1.82 bits per heavy atom. The maximum absolute atomic E-state index is 13.0. The van der Waals surface area contributed by atoms with Crippen LogP contribution in [0.4, 0.5) is 0 Å². The van der Waals surface area contributed by atoms with Crippen LogP contribution in [-0.4, -0.2) is 89.3 Å². The third-order valence-electron chi connectivity index (χ3n) is 5.18. The van der Waals surface area contributed by atoms with Gasteiger partial charge in [-0.05, 0) is 70.5 Å². The summed E-state index contributed by atoms with van der Waals surface area (Å²) in [7, 11) is 0. The minimum Gasteiger partial charge on any atom is -0.480 e. The van der Waals surface area contributed by atoms with Gasteiger partial charge < -0.3 is 43.4 Å². The van der Waals surface area contributed by atoms with Crippen molar-refractivity contribution in [2.24, 2.45) is 17.2 Å². The second-order valence-electron chi connectivity index (χ2n) is 8.14. The number of unbranched alkanes of at least 4 members (excludes halogenated alkanes) is 2. The Balaban J connectivity index is 5.38. The number of carbonyl (C=O) groups is 4. The average molecular weight is 507 g/mol. The van der Waals surface area contributed by atoms with Gasteiger partial charge in [0, 0.05) is 0 Å². The Hall–Kier alpha value is -1.93. The van der Waals surface area contributed by atoms with Crippen molar-refractivity contribution in [1.29, 1.82) is 0 Å². The van der Waals surface area contributed by atoms with Crippen molar-refractivity contribution in [3.05, 3.63) is 0 Å². The summed E-state index contributed by atoms with van der Waals surface area (Å²) in [5.41, 5.74) is 16.9. The number of carboxylic acid groups (broad SMARTS) is 1. The monoisotopic (exact) mass is 506 g/mol. The van der Waals surface area contributed by atoms with Gasteiger partial charge in [-0.2, -0.15) is 11.8 Å². The van der Waals surface area contributed by atoms with Crippen molar-refractivity contribution in [2.75, 3.05) is 25.1 Å². The molecule has 5 atom stereocenters. The molecule has 5 unspecified atom stereocenters.